The highest BCUT2D eigenvalue weighted by Crippen LogP contribution is 1.91. The maximum Gasteiger partial charge on any atom is 0.0865 e. The summed E-state index contributed by atoms with van der Waals surface area (Å²) < 4.78 is 0. The van der Waals surface area contributed by atoms with Gasteiger partial charge in [-0.3, -0.25) is 0 Å². The maximum atomic E-state index is 5.21. The van der Waals surface area contributed by atoms with Gasteiger partial charge in [-0.1, -0.05) is 6.58 Å². The van der Waals surface area contributed by atoms with Crippen molar-refractivity contribution < 1.29 is 0 Å². The molecule has 0 spiro atoms. The van der Waals surface area contributed by atoms with Gasteiger partial charge in [0, 0.05) is 6.20 Å². The summed E-state index contributed by atoms with van der Waals surface area (Å²) in [7, 11) is 0. The lowest BCUT2D eigenvalue weighted by Crippen LogP contribution is -2.07. The summed E-state index contributed by atoms with van der Waals surface area (Å²) in [6, 6.07) is 1.78. The van der Waals surface area contributed by atoms with Crippen molar-refractivity contribution in [3.63, 3.8) is 0 Å². The molecule has 0 atom stereocenters. The molecule has 0 aliphatic carbocycles. The zero-order chi connectivity index (χ0) is 5.98. The molecular weight excluding hydrogens is 102 g/mol. The molecule has 0 unspecified atom stereocenters. The second-order valence-corrected chi connectivity index (χ2v) is 1.42. The quantitative estimate of drug-likeness (QED) is 0.525. The van der Waals surface area contributed by atoms with Crippen molar-refractivity contribution in [3.8, 4) is 0 Å². The molecule has 0 amide bonds. The van der Waals surface area contributed by atoms with Gasteiger partial charge in [0.05, 0.1) is 5.69 Å². The summed E-state index contributed by atoms with van der Waals surface area (Å²) in [6.45, 7) is 3.51. The third kappa shape index (κ3) is 0.703. The third-order valence-corrected chi connectivity index (χ3v) is 0.838. The van der Waals surface area contributed by atoms with E-state index < -0.39 is 0 Å². The molecule has 0 saturated heterocycles. The largest absolute Gasteiger partial charge is 0.323 e. The Labute approximate surface area is 47.4 Å². The van der Waals surface area contributed by atoms with Crippen molar-refractivity contribution in [2.24, 2.45) is 0 Å². The number of nitrogens with zero attached hydrogens (tertiary/aromatic N) is 2. The Kier molecular flexibility index (Phi) is 1.04. The standard InChI is InChI=1S/C5H7N3/c1-2-5-3-4-8(6)7-5/h2-4H,1,6H2. The van der Waals surface area contributed by atoms with Crippen LogP contribution in [-0.4, -0.2) is 9.89 Å². The third-order valence-electron chi connectivity index (χ3n) is 0.838. The molecule has 1 rings (SSSR count). The number of hydrogen-bond donors (Lipinski definition) is 1. The summed E-state index contributed by atoms with van der Waals surface area (Å²) in [5, 5.41) is 3.81. The number of aromatic nitrogens is 2. The molecule has 1 aromatic rings. The van der Waals surface area contributed by atoms with Gasteiger partial charge in [0.2, 0.25) is 0 Å². The summed E-state index contributed by atoms with van der Waals surface area (Å²) in [6.07, 6.45) is 3.31. The van der Waals surface area contributed by atoms with Gasteiger partial charge in [-0.15, -0.1) is 0 Å². The normalized spacial score (nSPS) is 9.00. The molecule has 0 aliphatic heterocycles. The molecule has 0 radical (unpaired) electrons. The van der Waals surface area contributed by atoms with Crippen LogP contribution in [0.5, 0.6) is 0 Å². The van der Waals surface area contributed by atoms with Crippen LogP contribution in [0, 0.1) is 0 Å². The van der Waals surface area contributed by atoms with Crippen molar-refractivity contribution in [1.82, 2.24) is 9.89 Å². The van der Waals surface area contributed by atoms with Crippen LogP contribution in [0.15, 0.2) is 18.8 Å². The van der Waals surface area contributed by atoms with E-state index in [9.17, 15) is 0 Å². The summed E-state index contributed by atoms with van der Waals surface area (Å²) >= 11 is 0. The Morgan fingerprint density at radius 3 is 2.88 bits per heavy atom. The molecule has 3 nitrogen and oxygen atoms in total. The Balaban J connectivity index is 3.00. The van der Waals surface area contributed by atoms with E-state index in [-0.39, 0.29) is 0 Å². The molecule has 3 heteroatoms. The van der Waals surface area contributed by atoms with E-state index in [4.69, 9.17) is 5.84 Å². The van der Waals surface area contributed by atoms with E-state index in [0.717, 1.165) is 5.69 Å². The molecule has 0 bridgehead atoms. The van der Waals surface area contributed by atoms with Crippen molar-refractivity contribution in [3.05, 3.63) is 24.5 Å². The molecule has 8 heavy (non-hydrogen) atoms. The SMILES string of the molecule is C=Cc1ccn(N)n1. The average Bonchev–Trinajstić information content (AvgIpc) is 2.14. The number of nitrogens with two attached hydrogens (primary N) is 1. The van der Waals surface area contributed by atoms with Gasteiger partial charge in [0.15, 0.2) is 0 Å². The Hall–Kier alpha value is -1.25. The second-order valence-electron chi connectivity index (χ2n) is 1.42. The minimum atomic E-state index is 0.799. The highest BCUT2D eigenvalue weighted by atomic mass is 15.5. The van der Waals surface area contributed by atoms with Gasteiger partial charge in [-0.05, 0) is 12.1 Å². The summed E-state index contributed by atoms with van der Waals surface area (Å²) in [5.74, 6) is 5.21. The van der Waals surface area contributed by atoms with Crippen LogP contribution in [0.2, 0.25) is 0 Å². The van der Waals surface area contributed by atoms with Crippen LogP contribution in [0.1, 0.15) is 5.69 Å². The van der Waals surface area contributed by atoms with Crippen molar-refractivity contribution in [1.29, 1.82) is 0 Å². The summed E-state index contributed by atoms with van der Waals surface area (Å²) in [4.78, 5) is 1.25. The molecule has 0 saturated carbocycles. The van der Waals surface area contributed by atoms with Crippen LogP contribution in [0.4, 0.5) is 0 Å². The van der Waals surface area contributed by atoms with E-state index in [1.54, 1.807) is 18.3 Å². The number of nitrogen functional groups attached to an aromatic ring is 1. The van der Waals surface area contributed by atoms with Crippen LogP contribution < -0.4 is 5.84 Å². The average molecular weight is 109 g/mol. The van der Waals surface area contributed by atoms with Gasteiger partial charge in [0.25, 0.3) is 0 Å². The van der Waals surface area contributed by atoms with E-state index in [1.807, 2.05) is 0 Å². The lowest BCUT2D eigenvalue weighted by molar-refractivity contribution is 0.828. The fourth-order valence-corrected chi connectivity index (χ4v) is 0.462. The molecule has 0 fully saturated rings. The first-order valence-electron chi connectivity index (χ1n) is 2.26. The monoisotopic (exact) mass is 109 g/mol. The van der Waals surface area contributed by atoms with E-state index in [1.165, 1.54) is 4.79 Å². The highest BCUT2D eigenvalue weighted by molar-refractivity contribution is 5.39. The molecule has 1 aromatic heterocycles. The first-order valence-corrected chi connectivity index (χ1v) is 2.26. The second kappa shape index (κ2) is 1.69. The van der Waals surface area contributed by atoms with Crippen molar-refractivity contribution >= 4 is 6.08 Å². The van der Waals surface area contributed by atoms with Crippen molar-refractivity contribution in [2.45, 2.75) is 0 Å². The highest BCUT2D eigenvalue weighted by Gasteiger charge is 1.85. The maximum absolute atomic E-state index is 5.21. The lowest BCUT2D eigenvalue weighted by atomic mass is 10.4. The minimum absolute atomic E-state index is 0.799. The Morgan fingerprint density at radius 1 is 1.88 bits per heavy atom. The molecular formula is C5H7N3. The summed E-state index contributed by atoms with van der Waals surface area (Å²) in [5.41, 5.74) is 0.799. The smallest absolute Gasteiger partial charge is 0.0865 e. The van der Waals surface area contributed by atoms with Crippen LogP contribution >= 0.6 is 0 Å². The molecule has 1 heterocycles. The Bertz CT molecular complexity index is 189. The van der Waals surface area contributed by atoms with Crippen LogP contribution in [-0.2, 0) is 0 Å². The van der Waals surface area contributed by atoms with Crippen LogP contribution in [0.25, 0.3) is 6.08 Å². The van der Waals surface area contributed by atoms with E-state index in [2.05, 4.69) is 11.7 Å². The zero-order valence-electron chi connectivity index (χ0n) is 4.41. The predicted molar refractivity (Wildman–Crippen MR) is 32.5 cm³/mol. The molecule has 2 N–H and O–H groups in total. The van der Waals surface area contributed by atoms with Gasteiger partial charge < -0.3 is 5.84 Å². The Morgan fingerprint density at radius 2 is 2.62 bits per heavy atom. The lowest BCUT2D eigenvalue weighted by Gasteiger charge is -1.81. The minimum Gasteiger partial charge on any atom is -0.323 e. The van der Waals surface area contributed by atoms with Gasteiger partial charge in [-0.25, -0.2) is 0 Å². The zero-order valence-corrected chi connectivity index (χ0v) is 4.41. The number of hydrogen-bond acceptors (Lipinski definition) is 2. The topological polar surface area (TPSA) is 43.8 Å². The first kappa shape index (κ1) is 4.90. The number of rotatable bonds is 1. The first-order chi connectivity index (χ1) is 3.83. The molecule has 0 aliphatic rings. The van der Waals surface area contributed by atoms with Gasteiger partial charge in [0.1, 0.15) is 0 Å². The predicted octanol–water partition coefficient (Wildman–Crippen LogP) is 0.240. The van der Waals surface area contributed by atoms with E-state index >= 15 is 0 Å². The molecule has 0 aromatic carbocycles. The van der Waals surface area contributed by atoms with E-state index in [0.29, 0.717) is 0 Å². The fourth-order valence-electron chi connectivity index (χ4n) is 0.462. The van der Waals surface area contributed by atoms with Gasteiger partial charge >= 0.3 is 0 Å². The van der Waals surface area contributed by atoms with Crippen molar-refractivity contribution in [2.75, 3.05) is 5.84 Å². The van der Waals surface area contributed by atoms with Crippen LogP contribution in [0.3, 0.4) is 0 Å². The fraction of sp³-hybridized carbons (Fsp3) is 0. The van der Waals surface area contributed by atoms with Gasteiger partial charge in [-0.2, -0.15) is 9.89 Å². The molecule has 42 valence electrons.